The van der Waals surface area contributed by atoms with Crippen LogP contribution in [0.2, 0.25) is 10.0 Å². The molecule has 0 radical (unpaired) electrons. The number of rotatable bonds is 5. The Morgan fingerprint density at radius 2 is 1.65 bits per heavy atom. The molecule has 2 rings (SSSR count). The Morgan fingerprint density at radius 3 is 2.20 bits per heavy atom. The van der Waals surface area contributed by atoms with Crippen molar-refractivity contribution in [2.24, 2.45) is 5.73 Å². The van der Waals surface area contributed by atoms with Crippen molar-refractivity contribution in [1.29, 1.82) is 5.41 Å². The van der Waals surface area contributed by atoms with Crippen LogP contribution in [0, 0.1) is 5.41 Å². The van der Waals surface area contributed by atoms with Gasteiger partial charge in [0.1, 0.15) is 12.4 Å². The van der Waals surface area contributed by atoms with E-state index < -0.39 is 0 Å². The quantitative estimate of drug-likeness (QED) is 0.646. The summed E-state index contributed by atoms with van der Waals surface area (Å²) in [4.78, 5) is 0. The fraction of sp³-hybridized carbons (Fsp3) is 0.133. The summed E-state index contributed by atoms with van der Waals surface area (Å²) < 4.78 is 5.66. The van der Waals surface area contributed by atoms with Gasteiger partial charge in [-0.2, -0.15) is 0 Å². The van der Waals surface area contributed by atoms with Crippen LogP contribution in [0.4, 0.5) is 0 Å². The molecule has 104 valence electrons. The van der Waals surface area contributed by atoms with Crippen molar-refractivity contribution in [3.63, 3.8) is 0 Å². The molecule has 3 N–H and O–H groups in total. The summed E-state index contributed by atoms with van der Waals surface area (Å²) in [5, 5.41) is 8.42. The summed E-state index contributed by atoms with van der Waals surface area (Å²) >= 11 is 12.2. The van der Waals surface area contributed by atoms with Crippen molar-refractivity contribution >= 4 is 29.0 Å². The van der Waals surface area contributed by atoms with Crippen molar-refractivity contribution in [2.45, 2.75) is 13.0 Å². The molecule has 0 fully saturated rings. The predicted octanol–water partition coefficient (Wildman–Crippen LogP) is 4.05. The van der Waals surface area contributed by atoms with Crippen molar-refractivity contribution in [2.75, 3.05) is 0 Å². The first-order valence-electron chi connectivity index (χ1n) is 6.04. The van der Waals surface area contributed by atoms with E-state index in [0.717, 1.165) is 11.1 Å². The first kappa shape index (κ1) is 14.7. The lowest BCUT2D eigenvalue weighted by molar-refractivity contribution is 0.306. The van der Waals surface area contributed by atoms with Gasteiger partial charge in [-0.1, -0.05) is 41.4 Å². The van der Waals surface area contributed by atoms with E-state index >= 15 is 0 Å². The Labute approximate surface area is 127 Å². The third-order valence-electron chi connectivity index (χ3n) is 2.76. The zero-order chi connectivity index (χ0) is 14.5. The molecular weight excluding hydrogens is 295 g/mol. The van der Waals surface area contributed by atoms with Gasteiger partial charge in [0, 0.05) is 22.0 Å². The number of hydrogen-bond donors (Lipinski definition) is 2. The molecule has 0 atom stereocenters. The van der Waals surface area contributed by atoms with Gasteiger partial charge in [-0.25, -0.2) is 0 Å². The highest BCUT2D eigenvalue weighted by molar-refractivity contribution is 6.35. The molecule has 0 unspecified atom stereocenters. The predicted molar refractivity (Wildman–Crippen MR) is 82.9 cm³/mol. The Bertz CT molecular complexity index is 592. The van der Waals surface area contributed by atoms with Crippen LogP contribution in [0.3, 0.4) is 0 Å². The second-order valence-corrected chi connectivity index (χ2v) is 5.15. The van der Waals surface area contributed by atoms with Gasteiger partial charge >= 0.3 is 0 Å². The van der Waals surface area contributed by atoms with Crippen LogP contribution in [-0.4, -0.2) is 5.84 Å². The SMILES string of the molecule is N=C(N)Cc1ccc(OCc2c(Cl)cccc2Cl)cc1. The number of halogens is 2. The molecule has 20 heavy (non-hydrogen) atoms. The van der Waals surface area contributed by atoms with Gasteiger partial charge < -0.3 is 10.5 Å². The van der Waals surface area contributed by atoms with Gasteiger partial charge in [-0.15, -0.1) is 0 Å². The molecule has 0 heterocycles. The van der Waals surface area contributed by atoms with Crippen LogP contribution >= 0.6 is 23.2 Å². The summed E-state index contributed by atoms with van der Waals surface area (Å²) in [6, 6.07) is 12.8. The van der Waals surface area contributed by atoms with Gasteiger partial charge in [0.25, 0.3) is 0 Å². The van der Waals surface area contributed by atoms with Gasteiger partial charge in [-0.3, -0.25) is 5.41 Å². The number of nitrogens with two attached hydrogens (primary N) is 1. The molecule has 3 nitrogen and oxygen atoms in total. The van der Waals surface area contributed by atoms with Crippen LogP contribution in [0.1, 0.15) is 11.1 Å². The first-order valence-corrected chi connectivity index (χ1v) is 6.79. The molecule has 5 heteroatoms. The fourth-order valence-corrected chi connectivity index (χ4v) is 2.26. The average Bonchev–Trinajstić information content (AvgIpc) is 2.39. The molecule has 0 saturated carbocycles. The average molecular weight is 309 g/mol. The van der Waals surface area contributed by atoms with E-state index in [4.69, 9.17) is 39.1 Å². The first-order chi connectivity index (χ1) is 9.56. The molecule has 0 spiro atoms. The van der Waals surface area contributed by atoms with E-state index in [1.807, 2.05) is 24.3 Å². The van der Waals surface area contributed by atoms with Crippen LogP contribution in [-0.2, 0) is 13.0 Å². The van der Waals surface area contributed by atoms with E-state index in [2.05, 4.69) is 0 Å². The standard InChI is InChI=1S/C15H14Cl2N2O/c16-13-2-1-3-14(17)12(13)9-20-11-6-4-10(5-7-11)8-15(18)19/h1-7H,8-9H2,(H3,18,19). The molecule has 0 aliphatic rings. The third kappa shape index (κ3) is 3.89. The number of hydrogen-bond acceptors (Lipinski definition) is 2. The summed E-state index contributed by atoms with van der Waals surface area (Å²) in [5.74, 6) is 0.856. The maximum Gasteiger partial charge on any atom is 0.119 e. The van der Waals surface area contributed by atoms with E-state index in [-0.39, 0.29) is 5.84 Å². The normalized spacial score (nSPS) is 10.3. The Balaban J connectivity index is 2.02. The Hall–Kier alpha value is -1.71. The largest absolute Gasteiger partial charge is 0.489 e. The molecule has 0 aromatic heterocycles. The molecule has 0 saturated heterocycles. The van der Waals surface area contributed by atoms with E-state index in [0.29, 0.717) is 28.8 Å². The number of amidine groups is 1. The summed E-state index contributed by atoms with van der Waals surface area (Å²) in [7, 11) is 0. The zero-order valence-electron chi connectivity index (χ0n) is 10.7. The highest BCUT2D eigenvalue weighted by Gasteiger charge is 2.06. The molecule has 0 aliphatic heterocycles. The minimum atomic E-state index is 0.140. The second-order valence-electron chi connectivity index (χ2n) is 4.33. The van der Waals surface area contributed by atoms with Crippen LogP contribution < -0.4 is 10.5 Å². The molecule has 2 aromatic carbocycles. The Kier molecular flexibility index (Phi) is 4.88. The van der Waals surface area contributed by atoms with E-state index in [1.165, 1.54) is 0 Å². The molecule has 0 amide bonds. The van der Waals surface area contributed by atoms with Crippen molar-refractivity contribution in [3.05, 3.63) is 63.6 Å². The topological polar surface area (TPSA) is 59.1 Å². The van der Waals surface area contributed by atoms with Crippen LogP contribution in [0.5, 0.6) is 5.75 Å². The summed E-state index contributed by atoms with van der Waals surface area (Å²) in [5.41, 5.74) is 7.09. The van der Waals surface area contributed by atoms with Crippen molar-refractivity contribution in [3.8, 4) is 5.75 Å². The molecule has 2 aromatic rings. The highest BCUT2D eigenvalue weighted by Crippen LogP contribution is 2.25. The van der Waals surface area contributed by atoms with Crippen LogP contribution in [0.25, 0.3) is 0 Å². The zero-order valence-corrected chi connectivity index (χ0v) is 12.2. The maximum absolute atomic E-state index is 7.24. The lowest BCUT2D eigenvalue weighted by Crippen LogP contribution is -2.12. The van der Waals surface area contributed by atoms with Gasteiger partial charge in [-0.05, 0) is 29.8 Å². The molecule has 0 bridgehead atoms. The maximum atomic E-state index is 7.24. The number of benzene rings is 2. The van der Waals surface area contributed by atoms with Crippen molar-refractivity contribution < 1.29 is 4.74 Å². The summed E-state index contributed by atoms with van der Waals surface area (Å²) in [6.07, 6.45) is 0.441. The fourth-order valence-electron chi connectivity index (χ4n) is 1.75. The lowest BCUT2D eigenvalue weighted by atomic mass is 10.1. The smallest absolute Gasteiger partial charge is 0.119 e. The van der Waals surface area contributed by atoms with Crippen LogP contribution in [0.15, 0.2) is 42.5 Å². The number of nitrogens with one attached hydrogen (secondary N) is 1. The third-order valence-corrected chi connectivity index (χ3v) is 3.47. The lowest BCUT2D eigenvalue weighted by Gasteiger charge is -2.10. The molecular formula is C15H14Cl2N2O. The summed E-state index contributed by atoms with van der Waals surface area (Å²) in [6.45, 7) is 0.310. The van der Waals surface area contributed by atoms with Gasteiger partial charge in [0.2, 0.25) is 0 Å². The van der Waals surface area contributed by atoms with E-state index in [1.54, 1.807) is 18.2 Å². The molecule has 0 aliphatic carbocycles. The van der Waals surface area contributed by atoms with Gasteiger partial charge in [0.15, 0.2) is 0 Å². The minimum Gasteiger partial charge on any atom is -0.489 e. The second kappa shape index (κ2) is 6.64. The Morgan fingerprint density at radius 1 is 1.05 bits per heavy atom. The van der Waals surface area contributed by atoms with Gasteiger partial charge in [0.05, 0.1) is 5.84 Å². The number of ether oxygens (including phenoxy) is 1. The monoisotopic (exact) mass is 308 g/mol. The van der Waals surface area contributed by atoms with E-state index in [9.17, 15) is 0 Å². The highest BCUT2D eigenvalue weighted by atomic mass is 35.5. The van der Waals surface area contributed by atoms with Crippen molar-refractivity contribution in [1.82, 2.24) is 0 Å². The minimum absolute atomic E-state index is 0.140.